The molecule has 0 aliphatic carbocycles. The van der Waals surface area contributed by atoms with Crippen LogP contribution in [0.4, 0.5) is 18.9 Å². The van der Waals surface area contributed by atoms with Gasteiger partial charge in [0.1, 0.15) is 5.75 Å². The van der Waals surface area contributed by atoms with E-state index >= 15 is 0 Å². The van der Waals surface area contributed by atoms with E-state index in [0.717, 1.165) is 11.1 Å². The number of para-hydroxylation sites is 1. The molecule has 0 fully saturated rings. The van der Waals surface area contributed by atoms with Gasteiger partial charge in [0.25, 0.3) is 5.91 Å². The molecule has 2 aromatic rings. The lowest BCUT2D eigenvalue weighted by molar-refractivity contribution is -0.145. The van der Waals surface area contributed by atoms with Crippen molar-refractivity contribution in [2.75, 3.05) is 18.2 Å². The molecule has 1 heterocycles. The zero-order valence-corrected chi connectivity index (χ0v) is 15.8. The molecular formula is C21H17F3N2O4. The van der Waals surface area contributed by atoms with Crippen LogP contribution in [0, 0.1) is 0 Å². The molecule has 0 N–H and O–H groups in total. The standard InChI is InChI=1S/C21H17F3N2O4/c1-2-29-18(27)13-30-16-10-8-14(9-11-16)12-17-19(21(22,23)24)25-26(20(17)28)15-6-4-3-5-7-15/h3-12H,2,13H2,1H3/b17-12-. The van der Waals surface area contributed by atoms with Gasteiger partial charge in [0.05, 0.1) is 17.9 Å². The van der Waals surface area contributed by atoms with E-state index in [1.807, 2.05) is 0 Å². The van der Waals surface area contributed by atoms with Crippen molar-refractivity contribution >= 4 is 29.4 Å². The molecule has 0 saturated carbocycles. The van der Waals surface area contributed by atoms with Gasteiger partial charge in [-0.15, -0.1) is 0 Å². The monoisotopic (exact) mass is 418 g/mol. The predicted octanol–water partition coefficient (Wildman–Crippen LogP) is 3.98. The zero-order valence-electron chi connectivity index (χ0n) is 15.8. The van der Waals surface area contributed by atoms with E-state index in [-0.39, 0.29) is 18.9 Å². The Bertz CT molecular complexity index is 984. The first-order valence-electron chi connectivity index (χ1n) is 8.95. The molecule has 156 valence electrons. The lowest BCUT2D eigenvalue weighted by atomic mass is 10.1. The highest BCUT2D eigenvalue weighted by atomic mass is 19.4. The third-order valence-corrected chi connectivity index (χ3v) is 4.00. The van der Waals surface area contributed by atoms with Crippen molar-refractivity contribution < 1.29 is 32.2 Å². The van der Waals surface area contributed by atoms with Crippen molar-refractivity contribution in [2.24, 2.45) is 5.10 Å². The fraction of sp³-hybridized carbons (Fsp3) is 0.190. The van der Waals surface area contributed by atoms with Crippen LogP contribution >= 0.6 is 0 Å². The molecule has 9 heteroatoms. The molecular weight excluding hydrogens is 401 g/mol. The molecule has 0 unspecified atom stereocenters. The van der Waals surface area contributed by atoms with Gasteiger partial charge in [0.2, 0.25) is 0 Å². The molecule has 0 atom stereocenters. The first kappa shape index (κ1) is 21.1. The molecule has 0 aromatic heterocycles. The third kappa shape index (κ3) is 4.86. The fourth-order valence-electron chi connectivity index (χ4n) is 2.67. The Kier molecular flexibility index (Phi) is 6.20. The Labute approximate surface area is 170 Å². The van der Waals surface area contributed by atoms with Gasteiger partial charge >= 0.3 is 12.1 Å². The smallest absolute Gasteiger partial charge is 0.435 e. The maximum Gasteiger partial charge on any atom is 0.435 e. The Morgan fingerprint density at radius 2 is 1.77 bits per heavy atom. The summed E-state index contributed by atoms with van der Waals surface area (Å²) in [7, 11) is 0. The Balaban J connectivity index is 1.83. The minimum Gasteiger partial charge on any atom is -0.482 e. The number of carbonyl (C=O) groups excluding carboxylic acids is 2. The summed E-state index contributed by atoms with van der Waals surface area (Å²) in [6.07, 6.45) is -3.68. The molecule has 0 spiro atoms. The first-order chi connectivity index (χ1) is 14.3. The number of ether oxygens (including phenoxy) is 2. The lowest BCUT2D eigenvalue weighted by Crippen LogP contribution is -2.25. The molecule has 30 heavy (non-hydrogen) atoms. The van der Waals surface area contributed by atoms with Crippen LogP contribution in [0.5, 0.6) is 5.75 Å². The van der Waals surface area contributed by atoms with Crippen LogP contribution in [-0.4, -0.2) is 37.0 Å². The minimum atomic E-state index is -4.80. The maximum absolute atomic E-state index is 13.5. The molecule has 1 aliphatic heterocycles. The average Bonchev–Trinajstić information content (AvgIpc) is 3.05. The Morgan fingerprint density at radius 1 is 1.10 bits per heavy atom. The van der Waals surface area contributed by atoms with Crippen LogP contribution in [0.2, 0.25) is 0 Å². The number of esters is 1. The van der Waals surface area contributed by atoms with Gasteiger partial charge < -0.3 is 9.47 Å². The minimum absolute atomic E-state index is 0.228. The second kappa shape index (κ2) is 8.81. The molecule has 1 aliphatic rings. The average molecular weight is 418 g/mol. The second-order valence-electron chi connectivity index (χ2n) is 6.12. The van der Waals surface area contributed by atoms with Crippen molar-refractivity contribution in [1.29, 1.82) is 0 Å². The van der Waals surface area contributed by atoms with Crippen LogP contribution in [0.3, 0.4) is 0 Å². The largest absolute Gasteiger partial charge is 0.482 e. The van der Waals surface area contributed by atoms with Crippen molar-refractivity contribution in [2.45, 2.75) is 13.1 Å². The van der Waals surface area contributed by atoms with Gasteiger partial charge in [0, 0.05) is 0 Å². The van der Waals surface area contributed by atoms with Gasteiger partial charge in [-0.1, -0.05) is 30.3 Å². The van der Waals surface area contributed by atoms with Gasteiger partial charge in [0.15, 0.2) is 12.3 Å². The van der Waals surface area contributed by atoms with Gasteiger partial charge in [-0.2, -0.15) is 23.3 Å². The van der Waals surface area contributed by atoms with Gasteiger partial charge in [-0.3, -0.25) is 4.79 Å². The molecule has 1 amide bonds. The quantitative estimate of drug-likeness (QED) is 0.526. The summed E-state index contributed by atoms with van der Waals surface area (Å²) in [4.78, 5) is 23.9. The molecule has 6 nitrogen and oxygen atoms in total. The number of hydrazone groups is 1. The van der Waals surface area contributed by atoms with E-state index in [2.05, 4.69) is 5.10 Å². The number of halogens is 3. The van der Waals surface area contributed by atoms with Crippen molar-refractivity contribution in [1.82, 2.24) is 0 Å². The van der Waals surface area contributed by atoms with E-state index in [1.165, 1.54) is 36.4 Å². The number of hydrogen-bond donors (Lipinski definition) is 0. The number of benzene rings is 2. The lowest BCUT2D eigenvalue weighted by Gasteiger charge is -2.10. The van der Waals surface area contributed by atoms with Crippen molar-refractivity contribution in [3.05, 3.63) is 65.7 Å². The maximum atomic E-state index is 13.5. The van der Waals surface area contributed by atoms with Crippen LogP contribution < -0.4 is 9.75 Å². The third-order valence-electron chi connectivity index (χ3n) is 4.00. The number of alkyl halides is 3. The molecule has 3 rings (SSSR count). The summed E-state index contributed by atoms with van der Waals surface area (Å²) in [5, 5.41) is 4.23. The normalized spacial score (nSPS) is 15.3. The van der Waals surface area contributed by atoms with Crippen LogP contribution in [0.25, 0.3) is 6.08 Å². The van der Waals surface area contributed by atoms with E-state index in [1.54, 1.807) is 25.1 Å². The molecule has 0 radical (unpaired) electrons. The topological polar surface area (TPSA) is 68.2 Å². The fourth-order valence-corrected chi connectivity index (χ4v) is 2.67. The van der Waals surface area contributed by atoms with Gasteiger partial charge in [-0.25, -0.2) is 4.79 Å². The Morgan fingerprint density at radius 3 is 2.37 bits per heavy atom. The number of hydrogen-bond acceptors (Lipinski definition) is 5. The first-order valence-corrected chi connectivity index (χ1v) is 8.95. The number of anilines is 1. The van der Waals surface area contributed by atoms with Crippen LogP contribution in [0.15, 0.2) is 65.3 Å². The van der Waals surface area contributed by atoms with Gasteiger partial charge in [-0.05, 0) is 42.8 Å². The summed E-state index contributed by atoms with van der Waals surface area (Å²) < 4.78 is 50.4. The summed E-state index contributed by atoms with van der Waals surface area (Å²) in [6, 6.07) is 13.8. The Hall–Kier alpha value is -3.62. The van der Waals surface area contributed by atoms with E-state index in [4.69, 9.17) is 9.47 Å². The molecule has 0 bridgehead atoms. The summed E-state index contributed by atoms with van der Waals surface area (Å²) >= 11 is 0. The molecule has 0 saturated heterocycles. The van der Waals surface area contributed by atoms with E-state index in [9.17, 15) is 22.8 Å². The number of carbonyl (C=O) groups is 2. The highest BCUT2D eigenvalue weighted by Crippen LogP contribution is 2.32. The number of rotatable bonds is 6. The predicted molar refractivity (Wildman–Crippen MR) is 104 cm³/mol. The molecule has 2 aromatic carbocycles. The highest BCUT2D eigenvalue weighted by Gasteiger charge is 2.46. The summed E-state index contributed by atoms with van der Waals surface area (Å²) in [5.41, 5.74) is -1.26. The summed E-state index contributed by atoms with van der Waals surface area (Å²) in [6.45, 7) is 1.61. The van der Waals surface area contributed by atoms with E-state index in [0.29, 0.717) is 11.3 Å². The zero-order chi connectivity index (χ0) is 21.7. The van der Waals surface area contributed by atoms with Crippen molar-refractivity contribution in [3.8, 4) is 5.75 Å². The highest BCUT2D eigenvalue weighted by molar-refractivity contribution is 6.34. The van der Waals surface area contributed by atoms with Crippen LogP contribution in [-0.2, 0) is 14.3 Å². The van der Waals surface area contributed by atoms with Crippen LogP contribution in [0.1, 0.15) is 12.5 Å². The second-order valence-corrected chi connectivity index (χ2v) is 6.12. The number of nitrogens with zero attached hydrogens (tertiary/aromatic N) is 2. The van der Waals surface area contributed by atoms with Crippen molar-refractivity contribution in [3.63, 3.8) is 0 Å². The SMILES string of the molecule is CCOC(=O)COc1ccc(/C=C2\C(=O)N(c3ccccc3)N=C2C(F)(F)F)cc1. The number of amides is 1. The van der Waals surface area contributed by atoms with E-state index < -0.39 is 29.3 Å². The summed E-state index contributed by atoms with van der Waals surface area (Å²) in [5.74, 6) is -1.08.